The first-order valence-electron chi connectivity index (χ1n) is 6.87. The molecule has 1 fully saturated rings. The van der Waals surface area contributed by atoms with E-state index in [4.69, 9.17) is 0 Å². The Morgan fingerprint density at radius 2 is 2.11 bits per heavy atom. The lowest BCUT2D eigenvalue weighted by atomic mass is 10.0. The zero-order valence-electron chi connectivity index (χ0n) is 11.1. The summed E-state index contributed by atoms with van der Waals surface area (Å²) < 4.78 is 0. The molecule has 0 bridgehead atoms. The van der Waals surface area contributed by atoms with E-state index in [9.17, 15) is 4.79 Å². The van der Waals surface area contributed by atoms with E-state index in [0.29, 0.717) is 0 Å². The monoisotopic (exact) mass is 246 g/mol. The number of carbonyl (C=O) groups excluding carboxylic acids is 1. The molecule has 2 rings (SSSR count). The van der Waals surface area contributed by atoms with Gasteiger partial charge in [-0.15, -0.1) is 0 Å². The lowest BCUT2D eigenvalue weighted by Crippen LogP contribution is -2.51. The van der Waals surface area contributed by atoms with Gasteiger partial charge in [-0.05, 0) is 31.4 Å². The number of nitrogens with one attached hydrogen (secondary N) is 1. The number of hydrogen-bond acceptors (Lipinski definition) is 2. The molecule has 1 aliphatic rings. The van der Waals surface area contributed by atoms with Crippen LogP contribution in [0.1, 0.15) is 25.3 Å². The van der Waals surface area contributed by atoms with Crippen molar-refractivity contribution in [3.05, 3.63) is 35.9 Å². The molecule has 98 valence electrons. The summed E-state index contributed by atoms with van der Waals surface area (Å²) in [7, 11) is 0. The van der Waals surface area contributed by atoms with Crippen molar-refractivity contribution < 1.29 is 4.79 Å². The van der Waals surface area contributed by atoms with Crippen molar-refractivity contribution >= 4 is 5.91 Å². The number of carbonyl (C=O) groups is 1. The zero-order valence-corrected chi connectivity index (χ0v) is 11.1. The maximum Gasteiger partial charge on any atom is 0.239 e. The lowest BCUT2D eigenvalue weighted by molar-refractivity contribution is -0.135. The molecule has 1 amide bonds. The Bertz CT molecular complexity index is 375. The Kier molecular flexibility index (Phi) is 4.76. The van der Waals surface area contributed by atoms with E-state index in [-0.39, 0.29) is 11.9 Å². The second-order valence-electron chi connectivity index (χ2n) is 4.81. The van der Waals surface area contributed by atoms with Gasteiger partial charge in [0.2, 0.25) is 5.91 Å². The molecular weight excluding hydrogens is 224 g/mol. The number of piperidine rings is 1. The minimum atomic E-state index is 0.0412. The molecule has 3 nitrogen and oxygen atoms in total. The van der Waals surface area contributed by atoms with Crippen LogP contribution in [0.4, 0.5) is 0 Å². The highest BCUT2D eigenvalue weighted by Crippen LogP contribution is 2.12. The molecule has 0 radical (unpaired) electrons. The molecule has 0 saturated carbocycles. The maximum atomic E-state index is 12.2. The summed E-state index contributed by atoms with van der Waals surface area (Å²) in [4.78, 5) is 14.2. The normalized spacial score (nSPS) is 20.2. The molecule has 1 aliphatic heterocycles. The van der Waals surface area contributed by atoms with Crippen molar-refractivity contribution in [2.75, 3.05) is 19.6 Å². The van der Waals surface area contributed by atoms with Gasteiger partial charge in [0.1, 0.15) is 0 Å². The minimum Gasteiger partial charge on any atom is -0.341 e. The fourth-order valence-electron chi connectivity index (χ4n) is 2.51. The highest BCUT2D eigenvalue weighted by atomic mass is 16.2. The average molecular weight is 246 g/mol. The van der Waals surface area contributed by atoms with Crippen molar-refractivity contribution in [1.29, 1.82) is 0 Å². The Morgan fingerprint density at radius 3 is 2.83 bits per heavy atom. The molecular formula is C15H22N2O. The van der Waals surface area contributed by atoms with Gasteiger partial charge in [-0.2, -0.15) is 0 Å². The van der Waals surface area contributed by atoms with Crippen molar-refractivity contribution in [2.45, 2.75) is 32.2 Å². The van der Waals surface area contributed by atoms with Crippen LogP contribution in [0.5, 0.6) is 0 Å². The van der Waals surface area contributed by atoms with Gasteiger partial charge < -0.3 is 10.2 Å². The van der Waals surface area contributed by atoms with E-state index in [1.165, 1.54) is 5.56 Å². The van der Waals surface area contributed by atoms with Crippen LogP contribution >= 0.6 is 0 Å². The molecule has 1 heterocycles. The summed E-state index contributed by atoms with van der Waals surface area (Å²) >= 11 is 0. The summed E-state index contributed by atoms with van der Waals surface area (Å²) in [5.74, 6) is 0.277. The molecule has 1 atom stereocenters. The third-order valence-electron chi connectivity index (χ3n) is 3.49. The van der Waals surface area contributed by atoms with Gasteiger partial charge in [-0.25, -0.2) is 0 Å². The fourth-order valence-corrected chi connectivity index (χ4v) is 2.51. The smallest absolute Gasteiger partial charge is 0.239 e. The van der Waals surface area contributed by atoms with Crippen LogP contribution in [-0.4, -0.2) is 36.5 Å². The molecule has 1 saturated heterocycles. The zero-order chi connectivity index (χ0) is 12.8. The van der Waals surface area contributed by atoms with Crippen LogP contribution in [0.25, 0.3) is 0 Å². The molecule has 18 heavy (non-hydrogen) atoms. The predicted octanol–water partition coefficient (Wildman–Crippen LogP) is 1.83. The van der Waals surface area contributed by atoms with Gasteiger partial charge in [-0.1, -0.05) is 37.3 Å². The summed E-state index contributed by atoms with van der Waals surface area (Å²) in [6.07, 6.45) is 3.04. The molecule has 0 spiro atoms. The van der Waals surface area contributed by atoms with Crippen LogP contribution in [0.15, 0.2) is 30.3 Å². The molecule has 1 aromatic carbocycles. The number of likely N-dealkylation sites (N-methyl/N-ethyl adjacent to an activating group) is 1. The third kappa shape index (κ3) is 3.33. The first-order valence-corrected chi connectivity index (χ1v) is 6.87. The highest BCUT2D eigenvalue weighted by molar-refractivity contribution is 5.82. The van der Waals surface area contributed by atoms with Gasteiger partial charge in [0.25, 0.3) is 0 Å². The van der Waals surface area contributed by atoms with Crippen LogP contribution in [0.3, 0.4) is 0 Å². The molecule has 0 aliphatic carbocycles. The molecule has 0 aromatic heterocycles. The minimum absolute atomic E-state index is 0.0412. The first kappa shape index (κ1) is 13.1. The van der Waals surface area contributed by atoms with E-state index >= 15 is 0 Å². The molecule has 1 aromatic rings. The standard InChI is InChI=1S/C15H22N2O/c1-2-16-14-9-6-11-17(15(14)18)12-10-13-7-4-3-5-8-13/h3-5,7-8,14,16H,2,6,9-12H2,1H3. The van der Waals surface area contributed by atoms with E-state index in [0.717, 1.165) is 38.9 Å². The topological polar surface area (TPSA) is 32.3 Å². The lowest BCUT2D eigenvalue weighted by Gasteiger charge is -2.32. The quantitative estimate of drug-likeness (QED) is 0.859. The van der Waals surface area contributed by atoms with Gasteiger partial charge >= 0.3 is 0 Å². The summed E-state index contributed by atoms with van der Waals surface area (Å²) in [5, 5.41) is 3.27. The van der Waals surface area contributed by atoms with Gasteiger partial charge in [0, 0.05) is 13.1 Å². The van der Waals surface area contributed by atoms with Crippen molar-refractivity contribution in [2.24, 2.45) is 0 Å². The highest BCUT2D eigenvalue weighted by Gasteiger charge is 2.27. The number of nitrogens with zero attached hydrogens (tertiary/aromatic N) is 1. The number of benzene rings is 1. The maximum absolute atomic E-state index is 12.2. The van der Waals surface area contributed by atoms with E-state index in [1.54, 1.807) is 0 Å². The molecule has 1 N–H and O–H groups in total. The average Bonchev–Trinajstić information content (AvgIpc) is 2.41. The Morgan fingerprint density at radius 1 is 1.33 bits per heavy atom. The Balaban J connectivity index is 1.87. The predicted molar refractivity (Wildman–Crippen MR) is 73.4 cm³/mol. The summed E-state index contributed by atoms with van der Waals surface area (Å²) in [5.41, 5.74) is 1.30. The van der Waals surface area contributed by atoms with Crippen molar-refractivity contribution in [1.82, 2.24) is 10.2 Å². The van der Waals surface area contributed by atoms with Gasteiger partial charge in [0.05, 0.1) is 6.04 Å². The van der Waals surface area contributed by atoms with E-state index in [1.807, 2.05) is 11.0 Å². The first-order chi connectivity index (χ1) is 8.81. The fraction of sp³-hybridized carbons (Fsp3) is 0.533. The number of hydrogen-bond donors (Lipinski definition) is 1. The van der Waals surface area contributed by atoms with Gasteiger partial charge in [0.15, 0.2) is 0 Å². The second kappa shape index (κ2) is 6.55. The summed E-state index contributed by atoms with van der Waals surface area (Å²) in [6.45, 7) is 4.66. The van der Waals surface area contributed by atoms with Crippen LogP contribution in [-0.2, 0) is 11.2 Å². The molecule has 1 unspecified atom stereocenters. The number of rotatable bonds is 5. The van der Waals surface area contributed by atoms with Crippen LogP contribution < -0.4 is 5.32 Å². The number of likely N-dealkylation sites (tertiary alicyclic amines) is 1. The molecule has 3 heteroatoms. The number of amides is 1. The van der Waals surface area contributed by atoms with Gasteiger partial charge in [-0.3, -0.25) is 4.79 Å². The van der Waals surface area contributed by atoms with Crippen LogP contribution in [0, 0.1) is 0 Å². The SMILES string of the molecule is CCNC1CCCN(CCc2ccccc2)C1=O. The summed E-state index contributed by atoms with van der Waals surface area (Å²) in [6, 6.07) is 10.4. The Labute approximate surface area is 109 Å². The van der Waals surface area contributed by atoms with Crippen molar-refractivity contribution in [3.8, 4) is 0 Å². The third-order valence-corrected chi connectivity index (χ3v) is 3.49. The van der Waals surface area contributed by atoms with E-state index in [2.05, 4.69) is 36.5 Å². The van der Waals surface area contributed by atoms with E-state index < -0.39 is 0 Å². The Hall–Kier alpha value is -1.35. The second-order valence-corrected chi connectivity index (χ2v) is 4.81. The van der Waals surface area contributed by atoms with Crippen LogP contribution in [0.2, 0.25) is 0 Å². The largest absolute Gasteiger partial charge is 0.341 e. The van der Waals surface area contributed by atoms with Crippen molar-refractivity contribution in [3.63, 3.8) is 0 Å².